The van der Waals surface area contributed by atoms with Crippen LogP contribution in [0, 0.1) is 0 Å². The molecule has 2 aliphatic rings. The molecule has 0 radical (unpaired) electrons. The zero-order valence-electron chi connectivity index (χ0n) is 51.4. The van der Waals surface area contributed by atoms with Gasteiger partial charge in [-0.1, -0.05) is 72.8 Å². The van der Waals surface area contributed by atoms with Gasteiger partial charge in [-0.3, -0.25) is 17.9 Å². The molecule has 0 saturated carbocycles. The van der Waals surface area contributed by atoms with E-state index in [-0.39, 0.29) is 69.1 Å². The molecule has 0 aliphatic carbocycles. The van der Waals surface area contributed by atoms with E-state index >= 15 is 0 Å². The second-order valence-electron chi connectivity index (χ2n) is 24.6. The summed E-state index contributed by atoms with van der Waals surface area (Å²) < 4.78 is 29.9. The van der Waals surface area contributed by atoms with Crippen LogP contribution in [0.3, 0.4) is 0 Å². The number of hydrogen-bond acceptors (Lipinski definition) is 10. The number of hydrogen-bond donors (Lipinski definition) is 0. The number of nitrogens with zero attached hydrogens (tertiary/aromatic N) is 12. The maximum Gasteiger partial charge on any atom is 2.00 e. The minimum atomic E-state index is 0. The quantitative estimate of drug-likeness (QED) is 0.131. The summed E-state index contributed by atoms with van der Waals surface area (Å²) in [5, 5.41) is 2.59. The number of fused-ring (bicyclic) bond motifs is 20. The molecule has 0 amide bonds. The van der Waals surface area contributed by atoms with E-state index in [1.165, 1.54) is 0 Å². The molecule has 0 fully saturated rings. The molecule has 0 atom stereocenters. The van der Waals surface area contributed by atoms with Crippen LogP contribution in [0.2, 0.25) is 0 Å². The summed E-state index contributed by atoms with van der Waals surface area (Å²) in [5.41, 5.74) is 8.20. The van der Waals surface area contributed by atoms with Crippen molar-refractivity contribution in [2.24, 2.45) is 0 Å². The molecule has 8 bridgehead atoms. The third kappa shape index (κ3) is 13.2. The Morgan fingerprint density at radius 1 is 0.292 bits per heavy atom. The van der Waals surface area contributed by atoms with Gasteiger partial charge in [-0.15, -0.1) is 0 Å². The molecule has 0 N–H and O–H groups in total. The largest absolute Gasteiger partial charge is 2.00 e. The molecule has 11 aromatic rings. The van der Waals surface area contributed by atoms with E-state index in [4.69, 9.17) is 58.8 Å². The first kappa shape index (κ1) is 66.9. The van der Waals surface area contributed by atoms with Crippen LogP contribution in [0.25, 0.3) is 89.7 Å². The summed E-state index contributed by atoms with van der Waals surface area (Å²) in [4.78, 5) is 42.8. The molecule has 0 saturated heterocycles. The van der Waals surface area contributed by atoms with Crippen LogP contribution in [0.15, 0.2) is 170 Å². The van der Waals surface area contributed by atoms with E-state index in [0.717, 1.165) is 22.7 Å². The van der Waals surface area contributed by atoms with Gasteiger partial charge < -0.3 is 98.5 Å². The van der Waals surface area contributed by atoms with E-state index in [0.29, 0.717) is 154 Å². The first-order valence-corrected chi connectivity index (χ1v) is 27.7. The number of halogens is 4. The number of aromatic nitrogens is 8. The van der Waals surface area contributed by atoms with Gasteiger partial charge in [-0.25, -0.2) is 9.97 Å². The minimum Gasteiger partial charge on any atom is -1.00 e. The van der Waals surface area contributed by atoms with Crippen molar-refractivity contribution in [3.63, 3.8) is 0 Å². The number of benzene rings is 8. The number of rotatable bonds is 12. The van der Waals surface area contributed by atoms with E-state index in [1.54, 1.807) is 0 Å². The topological polar surface area (TPSA) is 142 Å². The third-order valence-electron chi connectivity index (χ3n) is 14.9. The molecule has 8 aromatic carbocycles. The maximum atomic E-state index is 6.88. The van der Waals surface area contributed by atoms with Crippen LogP contribution >= 0.6 is 0 Å². The van der Waals surface area contributed by atoms with Gasteiger partial charge in [0.15, 0.2) is 0 Å². The first-order chi connectivity index (χ1) is 40.1. The zero-order valence-corrected chi connectivity index (χ0v) is 57.4. The van der Waals surface area contributed by atoms with Crippen LogP contribution in [0.5, 0.6) is 46.0 Å². The average molecular weight is 1320 g/mol. The predicted octanol–water partition coefficient (Wildman–Crippen LogP) is 2.10. The number of quaternary nitrogens is 4. The van der Waals surface area contributed by atoms with Crippen molar-refractivity contribution in [3.05, 3.63) is 170 Å². The van der Waals surface area contributed by atoms with E-state index < -0.39 is 0 Å². The molecule has 16 nitrogen and oxygen atoms in total. The Kier molecular flexibility index (Phi) is 19.1. The zero-order chi connectivity index (χ0) is 58.5. The number of ether oxygens (including phenoxy) is 4. The minimum absolute atomic E-state index is 0. The van der Waals surface area contributed by atoms with E-state index in [9.17, 15) is 0 Å². The third-order valence-corrected chi connectivity index (χ3v) is 14.9. The SMILES string of the molecule is C[N+](C)(C)c1cccc(Oc2cccc3c2-c2nc-3nc3[n-]c(nc4nc(nc5[n-]c(n2)c2cccc(Oc6cccc([N+](C)(C)C)c6)c52)-c2cccc(Oc5cccc([N+](C)(C)C)c5)c2-4)c2cccc(Oc4cccc([N+](C)(C)C)c4)c32)c1.[Cl-].[Cl-].[Cl-].[Cl-].[Zn+2]. The van der Waals surface area contributed by atoms with Gasteiger partial charge >= 0.3 is 19.5 Å². The van der Waals surface area contributed by atoms with Gasteiger partial charge in [0.2, 0.25) is 0 Å². The molecule has 89 heavy (non-hydrogen) atoms. The molecule has 21 heteroatoms. The Morgan fingerprint density at radius 2 is 0.562 bits per heavy atom. The summed E-state index contributed by atoms with van der Waals surface area (Å²) in [5.74, 6) is 6.05. The summed E-state index contributed by atoms with van der Waals surface area (Å²) in [6.45, 7) is 0. The van der Waals surface area contributed by atoms with Crippen molar-refractivity contribution in [1.82, 2.24) is 57.8 Å². The molecule has 0 unspecified atom stereocenters. The Labute approximate surface area is 555 Å². The fourth-order valence-corrected chi connectivity index (χ4v) is 10.4. The summed E-state index contributed by atoms with van der Waals surface area (Å²) in [6.07, 6.45) is 0. The van der Waals surface area contributed by atoms with Crippen molar-refractivity contribution >= 4 is 66.9 Å². The maximum absolute atomic E-state index is 6.88. The predicted molar refractivity (Wildman–Crippen MR) is 338 cm³/mol. The Hall–Kier alpha value is -8.06. The van der Waals surface area contributed by atoms with E-state index in [1.807, 2.05) is 146 Å². The van der Waals surface area contributed by atoms with Gasteiger partial charge in [0.25, 0.3) is 0 Å². The van der Waals surface area contributed by atoms with Crippen LogP contribution < -0.4 is 96.5 Å². The molecule has 2 aliphatic heterocycles. The molecular weight excluding hydrogens is 1260 g/mol. The fourth-order valence-electron chi connectivity index (χ4n) is 10.4. The second kappa shape index (κ2) is 25.4. The summed E-state index contributed by atoms with van der Waals surface area (Å²) >= 11 is 0. The Bertz CT molecular complexity index is 4370. The molecule has 5 heterocycles. The van der Waals surface area contributed by atoms with Crippen LogP contribution in [-0.2, 0) is 19.5 Å². The fraction of sp³-hybridized carbons (Fsp3) is 0.176. The molecule has 13 rings (SSSR count). The van der Waals surface area contributed by atoms with Crippen molar-refractivity contribution in [1.29, 1.82) is 0 Å². The van der Waals surface area contributed by atoms with Gasteiger partial charge in [0.05, 0.1) is 119 Å². The van der Waals surface area contributed by atoms with Crippen molar-refractivity contribution in [2.45, 2.75) is 0 Å². The van der Waals surface area contributed by atoms with Gasteiger partial charge in [-0.2, -0.15) is 0 Å². The Morgan fingerprint density at radius 3 is 0.876 bits per heavy atom. The van der Waals surface area contributed by atoms with Crippen LogP contribution in [0.1, 0.15) is 0 Å². The van der Waals surface area contributed by atoms with Crippen molar-refractivity contribution in [2.75, 3.05) is 84.6 Å². The standard InChI is InChI=1S/C68H64N12O4.4ClH.Zn/c1-77(2,3)41-21-13-25-45(37-41)81-53-33-17-29-49-57(53)65-69-61(49)74-66-59-51(31-19-35-55(59)83-47-27-15-23-43(39-47)79(7,8)9)63(71-66)76-68-60-52(32-20-36-56(60)84-48-28-16-24-44(40-48)80(10,11)12)64(72-68)75-67-58-50(62(70-67)73-65)30-18-34-54(58)82-46-26-14-22-42(38-46)78(4,5)6;;;;;/h13-40H,1-12H3;4*1H;/q+2;;;;;+2/p-4. The van der Waals surface area contributed by atoms with Gasteiger partial charge in [0.1, 0.15) is 68.7 Å². The second-order valence-corrected chi connectivity index (χ2v) is 24.6. The van der Waals surface area contributed by atoms with Gasteiger partial charge in [-0.05, 0) is 83.6 Å². The first-order valence-electron chi connectivity index (χ1n) is 27.7. The molecule has 3 aromatic heterocycles. The van der Waals surface area contributed by atoms with Crippen molar-refractivity contribution < 1.29 is 88.1 Å². The van der Waals surface area contributed by atoms with Crippen LogP contribution in [-0.4, -0.2) is 114 Å². The monoisotopic (exact) mass is 1320 g/mol. The van der Waals surface area contributed by atoms with Crippen molar-refractivity contribution in [3.8, 4) is 91.5 Å². The summed E-state index contributed by atoms with van der Waals surface area (Å²) in [6, 6.07) is 55.7. The smallest absolute Gasteiger partial charge is 1.00 e. The van der Waals surface area contributed by atoms with Crippen LogP contribution in [0.4, 0.5) is 22.7 Å². The molecule has 450 valence electrons. The summed E-state index contributed by atoms with van der Waals surface area (Å²) in [7, 11) is 25.5. The molecule has 0 spiro atoms. The molecular formula is C68H64Cl4N12O4Zn. The van der Waals surface area contributed by atoms with Gasteiger partial charge in [0, 0.05) is 68.8 Å². The Balaban J connectivity index is 0.00000205. The normalized spacial score (nSPS) is 11.8. The average Bonchev–Trinajstić information content (AvgIpc) is 1.64. The van der Waals surface area contributed by atoms with E-state index in [2.05, 4.69) is 109 Å².